The topological polar surface area (TPSA) is 152 Å². The Morgan fingerprint density at radius 2 is 1.88 bits per heavy atom. The van der Waals surface area contributed by atoms with Crippen molar-refractivity contribution in [3.8, 4) is 17.3 Å². The van der Waals surface area contributed by atoms with Crippen LogP contribution in [0.4, 0.5) is 0 Å². The van der Waals surface area contributed by atoms with Gasteiger partial charge in [0.1, 0.15) is 29.8 Å². The van der Waals surface area contributed by atoms with Gasteiger partial charge in [0.2, 0.25) is 11.8 Å². The largest absolute Gasteiger partial charge is 0.497 e. The predicted octanol–water partition coefficient (Wildman–Crippen LogP) is 3.22. The van der Waals surface area contributed by atoms with Gasteiger partial charge in [-0.25, -0.2) is 0 Å². The summed E-state index contributed by atoms with van der Waals surface area (Å²) in [6, 6.07) is 12.9. The molecule has 1 fully saturated rings. The molecule has 1 aliphatic heterocycles. The Labute approximate surface area is 293 Å². The number of aromatic nitrogens is 4. The number of rotatable bonds is 8. The molecule has 1 aromatic carbocycles. The van der Waals surface area contributed by atoms with E-state index in [0.29, 0.717) is 48.4 Å². The van der Waals surface area contributed by atoms with Gasteiger partial charge in [-0.2, -0.15) is 0 Å². The molecule has 0 spiro atoms. The number of carbonyl (C=O) groups excluding carboxylic acids is 2. The minimum Gasteiger partial charge on any atom is -0.497 e. The molecule has 2 N–H and O–H groups in total. The summed E-state index contributed by atoms with van der Waals surface area (Å²) in [5, 5.41) is 30.9. The summed E-state index contributed by atoms with van der Waals surface area (Å²) >= 11 is 1.31. The lowest BCUT2D eigenvalue weighted by molar-refractivity contribution is -0.139. The van der Waals surface area contributed by atoms with E-state index in [-0.39, 0.29) is 49.1 Å². The number of pyridine rings is 1. The van der Waals surface area contributed by atoms with Crippen molar-refractivity contribution in [2.75, 3.05) is 52.8 Å². The van der Waals surface area contributed by atoms with Crippen LogP contribution in [0, 0.1) is 11.8 Å². The third-order valence-electron chi connectivity index (χ3n) is 8.99. The van der Waals surface area contributed by atoms with Gasteiger partial charge in [0, 0.05) is 59.4 Å². The highest BCUT2D eigenvalue weighted by Gasteiger charge is 2.37. The van der Waals surface area contributed by atoms with E-state index in [0.717, 1.165) is 5.56 Å². The molecule has 1 saturated heterocycles. The second-order valence-electron chi connectivity index (χ2n) is 12.6. The van der Waals surface area contributed by atoms with Gasteiger partial charge < -0.3 is 38.8 Å². The zero-order chi connectivity index (χ0) is 35.5. The number of carbonyl (C=O) groups is 2. The van der Waals surface area contributed by atoms with Gasteiger partial charge in [-0.1, -0.05) is 43.8 Å². The summed E-state index contributed by atoms with van der Waals surface area (Å²) in [6.07, 6.45) is -0.357. The Balaban J connectivity index is 1.73. The second kappa shape index (κ2) is 18.4. The summed E-state index contributed by atoms with van der Waals surface area (Å²) in [5.74, 6) is 0.869. The van der Waals surface area contributed by atoms with Crippen molar-refractivity contribution < 1.29 is 34.0 Å². The van der Waals surface area contributed by atoms with Crippen molar-refractivity contribution in [2.45, 2.75) is 63.1 Å². The molecular formula is C35H50N6O7S. The van der Waals surface area contributed by atoms with Gasteiger partial charge in [0.15, 0.2) is 11.0 Å². The number of nitrogens with zero attached hydrogens (tertiary/aromatic N) is 6. The van der Waals surface area contributed by atoms with Crippen LogP contribution in [0.3, 0.4) is 0 Å². The van der Waals surface area contributed by atoms with Crippen LogP contribution in [-0.2, 0) is 26.1 Å². The molecule has 49 heavy (non-hydrogen) atoms. The lowest BCUT2D eigenvalue weighted by Crippen LogP contribution is -2.51. The Bertz CT molecular complexity index is 1490. The molecule has 3 heterocycles. The first kappa shape index (κ1) is 38.2. The highest BCUT2D eigenvalue weighted by Crippen LogP contribution is 2.37. The molecule has 4 rings (SSSR count). The van der Waals surface area contributed by atoms with E-state index >= 15 is 0 Å². The quantitative estimate of drug-likeness (QED) is 0.334. The number of benzene rings is 1. The van der Waals surface area contributed by atoms with E-state index in [2.05, 4.69) is 29.0 Å². The van der Waals surface area contributed by atoms with Gasteiger partial charge in [0.25, 0.3) is 0 Å². The lowest BCUT2D eigenvalue weighted by atomic mass is 9.82. The second-order valence-corrected chi connectivity index (χ2v) is 13.6. The molecule has 14 heteroatoms. The monoisotopic (exact) mass is 698 g/mol. The Morgan fingerprint density at radius 1 is 1.08 bits per heavy atom. The maximum absolute atomic E-state index is 14.5. The number of thioether (sulfide) groups is 1. The van der Waals surface area contributed by atoms with Gasteiger partial charge in [-0.3, -0.25) is 14.6 Å². The fraction of sp³-hybridized carbons (Fsp3) is 0.571. The Hall–Kier alpha value is -3.56. The summed E-state index contributed by atoms with van der Waals surface area (Å²) in [7, 11) is 4.91. The van der Waals surface area contributed by atoms with Crippen molar-refractivity contribution in [1.82, 2.24) is 29.5 Å². The average molecular weight is 699 g/mol. The van der Waals surface area contributed by atoms with Crippen LogP contribution in [0.5, 0.6) is 5.75 Å². The minimum atomic E-state index is -1.27. The molecule has 0 unspecified atom stereocenters. The summed E-state index contributed by atoms with van der Waals surface area (Å²) in [5.41, 5.74) is 1.57. The molecular weight excluding hydrogens is 648 g/mol. The third kappa shape index (κ3) is 10.0. The first-order valence-corrected chi connectivity index (χ1v) is 17.6. The van der Waals surface area contributed by atoms with Gasteiger partial charge in [-0.05, 0) is 48.6 Å². The van der Waals surface area contributed by atoms with Crippen molar-refractivity contribution in [1.29, 1.82) is 0 Å². The fourth-order valence-electron chi connectivity index (χ4n) is 6.11. The Morgan fingerprint density at radius 3 is 2.55 bits per heavy atom. The molecule has 2 amide bonds. The summed E-state index contributed by atoms with van der Waals surface area (Å²) in [6.45, 7) is 6.65. The SMILES string of the molecule is COc1cccc([C@@H]2[C@@H](C(C)C)CN(C(C)=O)C[C@H](OC)[C@@H](O)[C@@H](O)COCCCCN2C(=O)CSc2nnc(-c3ccccn3)n2C)c1. The smallest absolute Gasteiger partial charge is 0.233 e. The number of ether oxygens (including phenoxy) is 3. The minimum absolute atomic E-state index is 0.0243. The van der Waals surface area contributed by atoms with Gasteiger partial charge in [0.05, 0.1) is 25.5 Å². The fourth-order valence-corrected chi connectivity index (χ4v) is 6.90. The van der Waals surface area contributed by atoms with Crippen LogP contribution in [0.15, 0.2) is 53.8 Å². The number of aliphatic hydroxyl groups is 2. The molecule has 0 saturated carbocycles. The lowest BCUT2D eigenvalue weighted by Gasteiger charge is -2.42. The molecule has 268 valence electrons. The van der Waals surface area contributed by atoms with Crippen LogP contribution in [-0.4, -0.2) is 123 Å². The van der Waals surface area contributed by atoms with Gasteiger partial charge in [-0.15, -0.1) is 10.2 Å². The maximum Gasteiger partial charge on any atom is 0.233 e. The number of amides is 2. The van der Waals surface area contributed by atoms with Crippen LogP contribution >= 0.6 is 11.8 Å². The number of methoxy groups -OCH3 is 2. The molecule has 2 aromatic heterocycles. The molecule has 13 nitrogen and oxygen atoms in total. The number of hydrogen-bond donors (Lipinski definition) is 2. The molecule has 5 atom stereocenters. The van der Waals surface area contributed by atoms with E-state index in [4.69, 9.17) is 14.2 Å². The maximum atomic E-state index is 14.5. The van der Waals surface area contributed by atoms with E-state index < -0.39 is 24.4 Å². The zero-order valence-corrected chi connectivity index (χ0v) is 30.1. The molecule has 0 aliphatic carbocycles. The average Bonchev–Trinajstić information content (AvgIpc) is 3.47. The summed E-state index contributed by atoms with van der Waals surface area (Å²) < 4.78 is 18.7. The predicted molar refractivity (Wildman–Crippen MR) is 186 cm³/mol. The van der Waals surface area contributed by atoms with Crippen molar-refractivity contribution in [3.63, 3.8) is 0 Å². The standard InChI is InChI=1S/C35H50N6O7S/c1-23(2)27-19-40(24(3)42)20-30(47-6)33(45)29(43)21-48-17-10-9-16-41(32(27)25-12-11-13-26(18-25)46-5)31(44)22-49-35-38-37-34(39(35)4)28-14-7-8-15-36-28/h7-8,11-15,18,23,27,29-30,32-33,43,45H,9-10,16-17,19-22H2,1-6H3/t27-,29+,30+,32-,33+/m1/s1. The molecule has 0 bridgehead atoms. The van der Waals surface area contributed by atoms with Crippen molar-refractivity contribution in [2.24, 2.45) is 18.9 Å². The third-order valence-corrected chi connectivity index (χ3v) is 9.99. The first-order chi connectivity index (χ1) is 23.5. The van der Waals surface area contributed by atoms with E-state index in [9.17, 15) is 19.8 Å². The van der Waals surface area contributed by atoms with Crippen LogP contribution in [0.1, 0.15) is 45.2 Å². The Kier molecular flexibility index (Phi) is 14.4. The molecule has 3 aromatic rings. The van der Waals surface area contributed by atoms with E-state index in [1.165, 1.54) is 25.8 Å². The normalized spacial score (nSPS) is 23.2. The van der Waals surface area contributed by atoms with Crippen molar-refractivity contribution >= 4 is 23.6 Å². The molecule has 0 radical (unpaired) electrons. The van der Waals surface area contributed by atoms with Crippen LogP contribution < -0.4 is 4.74 Å². The van der Waals surface area contributed by atoms with Crippen molar-refractivity contribution in [3.05, 3.63) is 54.2 Å². The highest BCUT2D eigenvalue weighted by molar-refractivity contribution is 7.99. The molecule has 1 aliphatic rings. The van der Waals surface area contributed by atoms with E-state index in [1.807, 2.05) is 59.0 Å². The van der Waals surface area contributed by atoms with Crippen LogP contribution in [0.2, 0.25) is 0 Å². The van der Waals surface area contributed by atoms with E-state index in [1.54, 1.807) is 18.2 Å². The first-order valence-electron chi connectivity index (χ1n) is 16.6. The van der Waals surface area contributed by atoms with Gasteiger partial charge >= 0.3 is 0 Å². The summed E-state index contributed by atoms with van der Waals surface area (Å²) in [4.78, 5) is 35.6. The number of hydrogen-bond acceptors (Lipinski definition) is 11. The highest BCUT2D eigenvalue weighted by atomic mass is 32.2. The number of aliphatic hydroxyl groups excluding tert-OH is 2. The van der Waals surface area contributed by atoms with Crippen LogP contribution in [0.25, 0.3) is 11.5 Å². The zero-order valence-electron chi connectivity index (χ0n) is 29.3.